The SMILES string of the molecule is CCN1C(=O)CC(N2CCN(CC(=O)O)CC2)C1=O. The molecule has 0 aromatic rings. The molecule has 0 aliphatic carbocycles. The highest BCUT2D eigenvalue weighted by Gasteiger charge is 2.41. The standard InChI is InChI=1S/C12H19N3O4/c1-2-15-10(16)7-9(12(15)19)14-5-3-13(4-6-14)8-11(17)18/h9H,2-8H2,1H3,(H,17,18). The topological polar surface area (TPSA) is 81.2 Å². The van der Waals surface area contributed by atoms with Gasteiger partial charge in [-0.25, -0.2) is 0 Å². The quantitative estimate of drug-likeness (QED) is 0.648. The number of nitrogens with zero attached hydrogens (tertiary/aromatic N) is 3. The van der Waals surface area contributed by atoms with Crippen LogP contribution in [0.2, 0.25) is 0 Å². The summed E-state index contributed by atoms with van der Waals surface area (Å²) in [5.41, 5.74) is 0. The number of carbonyl (C=O) groups excluding carboxylic acids is 2. The van der Waals surface area contributed by atoms with Crippen molar-refractivity contribution >= 4 is 17.8 Å². The molecule has 2 aliphatic rings. The van der Waals surface area contributed by atoms with E-state index in [1.54, 1.807) is 6.92 Å². The highest BCUT2D eigenvalue weighted by atomic mass is 16.4. The zero-order valence-corrected chi connectivity index (χ0v) is 11.0. The molecule has 0 bridgehead atoms. The number of carbonyl (C=O) groups is 3. The molecule has 2 heterocycles. The minimum absolute atomic E-state index is 0.0342. The van der Waals surface area contributed by atoms with Crippen molar-refractivity contribution in [2.24, 2.45) is 0 Å². The van der Waals surface area contributed by atoms with Crippen LogP contribution < -0.4 is 0 Å². The summed E-state index contributed by atoms with van der Waals surface area (Å²) in [6.45, 7) is 4.76. The van der Waals surface area contributed by atoms with Gasteiger partial charge in [-0.05, 0) is 6.92 Å². The van der Waals surface area contributed by atoms with Crippen LogP contribution in [-0.2, 0) is 14.4 Å². The van der Waals surface area contributed by atoms with E-state index in [1.807, 2.05) is 9.80 Å². The fraction of sp³-hybridized carbons (Fsp3) is 0.750. The van der Waals surface area contributed by atoms with Crippen LogP contribution in [0.3, 0.4) is 0 Å². The first kappa shape index (κ1) is 14.0. The number of piperazine rings is 1. The molecule has 2 fully saturated rings. The third kappa shape index (κ3) is 2.93. The maximum Gasteiger partial charge on any atom is 0.317 e. The number of carboxylic acids is 1. The monoisotopic (exact) mass is 269 g/mol. The van der Waals surface area contributed by atoms with Crippen LogP contribution in [0.15, 0.2) is 0 Å². The van der Waals surface area contributed by atoms with Gasteiger partial charge in [-0.1, -0.05) is 0 Å². The molecular formula is C12H19N3O4. The predicted octanol–water partition coefficient (Wildman–Crippen LogP) is -1.16. The van der Waals surface area contributed by atoms with Gasteiger partial charge in [-0.2, -0.15) is 0 Å². The maximum atomic E-state index is 12.1. The molecule has 7 heteroatoms. The highest BCUT2D eigenvalue weighted by molar-refractivity contribution is 6.05. The summed E-state index contributed by atoms with van der Waals surface area (Å²) >= 11 is 0. The highest BCUT2D eigenvalue weighted by Crippen LogP contribution is 2.19. The number of hydrogen-bond donors (Lipinski definition) is 1. The van der Waals surface area contributed by atoms with Crippen molar-refractivity contribution < 1.29 is 19.5 Å². The van der Waals surface area contributed by atoms with Crippen LogP contribution in [0.25, 0.3) is 0 Å². The Morgan fingerprint density at radius 3 is 2.37 bits per heavy atom. The number of imide groups is 1. The van der Waals surface area contributed by atoms with Gasteiger partial charge in [0.1, 0.15) is 0 Å². The first-order chi connectivity index (χ1) is 9.02. The molecule has 1 atom stereocenters. The van der Waals surface area contributed by atoms with Crippen molar-refractivity contribution in [3.63, 3.8) is 0 Å². The zero-order chi connectivity index (χ0) is 14.0. The Bertz CT molecular complexity index is 390. The Morgan fingerprint density at radius 2 is 1.89 bits per heavy atom. The maximum absolute atomic E-state index is 12.1. The third-order valence-electron chi connectivity index (χ3n) is 3.74. The van der Waals surface area contributed by atoms with Gasteiger partial charge in [0.25, 0.3) is 0 Å². The largest absolute Gasteiger partial charge is 0.480 e. The van der Waals surface area contributed by atoms with Crippen molar-refractivity contribution in [3.05, 3.63) is 0 Å². The van der Waals surface area contributed by atoms with Crippen molar-refractivity contribution in [2.45, 2.75) is 19.4 Å². The molecule has 0 aromatic heterocycles. The van der Waals surface area contributed by atoms with Crippen LogP contribution in [0.4, 0.5) is 0 Å². The summed E-state index contributed by atoms with van der Waals surface area (Å²) in [6, 6.07) is -0.348. The summed E-state index contributed by atoms with van der Waals surface area (Å²) in [7, 11) is 0. The van der Waals surface area contributed by atoms with E-state index >= 15 is 0 Å². The normalized spacial score (nSPS) is 26.2. The van der Waals surface area contributed by atoms with Gasteiger partial charge in [0.15, 0.2) is 0 Å². The molecule has 0 saturated carbocycles. The number of carboxylic acid groups (broad SMARTS) is 1. The molecule has 0 aromatic carbocycles. The first-order valence-corrected chi connectivity index (χ1v) is 6.55. The van der Waals surface area contributed by atoms with E-state index in [0.29, 0.717) is 32.7 Å². The lowest BCUT2D eigenvalue weighted by Gasteiger charge is -2.36. The average Bonchev–Trinajstić information content (AvgIpc) is 2.64. The van der Waals surface area contributed by atoms with Crippen LogP contribution in [0.5, 0.6) is 0 Å². The molecular weight excluding hydrogens is 250 g/mol. The second kappa shape index (κ2) is 5.66. The third-order valence-corrected chi connectivity index (χ3v) is 3.74. The Balaban J connectivity index is 1.90. The van der Waals surface area contributed by atoms with Crippen molar-refractivity contribution in [2.75, 3.05) is 39.3 Å². The summed E-state index contributed by atoms with van der Waals surface area (Å²) in [5, 5.41) is 8.73. The number of aliphatic carboxylic acids is 1. The zero-order valence-electron chi connectivity index (χ0n) is 11.0. The van der Waals surface area contributed by atoms with E-state index in [1.165, 1.54) is 4.90 Å². The van der Waals surface area contributed by atoms with E-state index < -0.39 is 5.97 Å². The first-order valence-electron chi connectivity index (χ1n) is 6.55. The fourth-order valence-corrected chi connectivity index (χ4v) is 2.71. The van der Waals surface area contributed by atoms with Crippen LogP contribution >= 0.6 is 0 Å². The second-order valence-electron chi connectivity index (χ2n) is 4.90. The number of rotatable bonds is 4. The number of amides is 2. The van der Waals surface area contributed by atoms with Gasteiger partial charge >= 0.3 is 5.97 Å². The van der Waals surface area contributed by atoms with E-state index in [2.05, 4.69) is 0 Å². The van der Waals surface area contributed by atoms with Gasteiger partial charge in [-0.15, -0.1) is 0 Å². The lowest BCUT2D eigenvalue weighted by atomic mass is 10.1. The van der Waals surface area contributed by atoms with E-state index in [0.717, 1.165) is 0 Å². The molecule has 106 valence electrons. The molecule has 1 unspecified atom stereocenters. The molecule has 2 saturated heterocycles. The van der Waals surface area contributed by atoms with Gasteiger partial charge in [-0.3, -0.25) is 29.1 Å². The van der Waals surface area contributed by atoms with Gasteiger partial charge in [0.2, 0.25) is 11.8 Å². The lowest BCUT2D eigenvalue weighted by Crippen LogP contribution is -2.53. The molecule has 0 spiro atoms. The molecule has 2 rings (SSSR count). The van der Waals surface area contributed by atoms with Gasteiger partial charge < -0.3 is 5.11 Å². The van der Waals surface area contributed by atoms with Gasteiger partial charge in [0.05, 0.1) is 19.0 Å². The van der Waals surface area contributed by atoms with Crippen LogP contribution in [-0.4, -0.2) is 82.9 Å². The summed E-state index contributed by atoms with van der Waals surface area (Å²) in [5.74, 6) is -1.05. The fourth-order valence-electron chi connectivity index (χ4n) is 2.71. The smallest absolute Gasteiger partial charge is 0.317 e. The van der Waals surface area contributed by atoms with E-state index in [-0.39, 0.29) is 30.8 Å². The molecule has 7 nitrogen and oxygen atoms in total. The molecule has 2 aliphatic heterocycles. The predicted molar refractivity (Wildman–Crippen MR) is 66.4 cm³/mol. The Morgan fingerprint density at radius 1 is 1.26 bits per heavy atom. The summed E-state index contributed by atoms with van der Waals surface area (Å²) in [4.78, 5) is 39.5. The van der Waals surface area contributed by atoms with Crippen LogP contribution in [0.1, 0.15) is 13.3 Å². The van der Waals surface area contributed by atoms with Gasteiger partial charge in [0, 0.05) is 32.7 Å². The van der Waals surface area contributed by atoms with Crippen LogP contribution in [0, 0.1) is 0 Å². The average molecular weight is 269 g/mol. The van der Waals surface area contributed by atoms with Crippen molar-refractivity contribution in [1.82, 2.24) is 14.7 Å². The number of hydrogen-bond acceptors (Lipinski definition) is 5. The Labute approximate surface area is 111 Å². The molecule has 1 N–H and O–H groups in total. The van der Waals surface area contributed by atoms with E-state index in [9.17, 15) is 14.4 Å². The Hall–Kier alpha value is -1.47. The second-order valence-corrected chi connectivity index (χ2v) is 4.90. The van der Waals surface area contributed by atoms with Crippen molar-refractivity contribution in [3.8, 4) is 0 Å². The number of likely N-dealkylation sites (tertiary alicyclic amines) is 1. The molecule has 19 heavy (non-hydrogen) atoms. The molecule has 2 amide bonds. The summed E-state index contributed by atoms with van der Waals surface area (Å²) < 4.78 is 0. The van der Waals surface area contributed by atoms with E-state index in [4.69, 9.17) is 5.11 Å². The minimum Gasteiger partial charge on any atom is -0.480 e. The Kier molecular flexibility index (Phi) is 4.16. The minimum atomic E-state index is -0.835. The lowest BCUT2D eigenvalue weighted by molar-refractivity contribution is -0.141. The number of likely N-dealkylation sites (N-methyl/N-ethyl adjacent to an activating group) is 1. The molecule has 0 radical (unpaired) electrons. The van der Waals surface area contributed by atoms with Crippen molar-refractivity contribution in [1.29, 1.82) is 0 Å². The summed E-state index contributed by atoms with van der Waals surface area (Å²) in [6.07, 6.45) is 0.256.